The highest BCUT2D eigenvalue weighted by atomic mass is 16.3. The van der Waals surface area contributed by atoms with Gasteiger partial charge < -0.3 is 9.67 Å². The van der Waals surface area contributed by atoms with Crippen LogP contribution in [-0.4, -0.2) is 16.3 Å². The van der Waals surface area contributed by atoms with Crippen molar-refractivity contribution in [3.63, 3.8) is 0 Å². The van der Waals surface area contributed by atoms with Crippen LogP contribution in [0.3, 0.4) is 0 Å². The molecule has 1 aromatic heterocycles. The summed E-state index contributed by atoms with van der Waals surface area (Å²) in [7, 11) is 0. The normalized spacial score (nSPS) is 11.0. The maximum Gasteiger partial charge on any atom is 0.0610 e. The van der Waals surface area contributed by atoms with Gasteiger partial charge >= 0.3 is 0 Å². The van der Waals surface area contributed by atoms with Gasteiger partial charge in [0.1, 0.15) is 0 Å². The Bertz CT molecular complexity index is 970. The van der Waals surface area contributed by atoms with Crippen molar-refractivity contribution in [2.75, 3.05) is 6.61 Å². The lowest BCUT2D eigenvalue weighted by molar-refractivity contribution is 0.279. The molecule has 4 rings (SSSR count). The second-order valence-corrected chi connectivity index (χ2v) is 5.88. The fourth-order valence-electron chi connectivity index (χ4n) is 3.35. The summed E-state index contributed by atoms with van der Waals surface area (Å²) in [5, 5.41) is 10.7. The Labute approximate surface area is 141 Å². The molecule has 118 valence electrons. The van der Waals surface area contributed by atoms with Crippen molar-refractivity contribution in [3.05, 3.63) is 84.9 Å². The highest BCUT2D eigenvalue weighted by Gasteiger charge is 2.13. The number of hydrogen-bond acceptors (Lipinski definition) is 1. The number of para-hydroxylation sites is 1. The molecule has 0 saturated heterocycles. The Morgan fingerprint density at radius 1 is 0.708 bits per heavy atom. The van der Waals surface area contributed by atoms with E-state index in [1.54, 1.807) is 0 Å². The van der Waals surface area contributed by atoms with Crippen LogP contribution in [0.4, 0.5) is 0 Å². The van der Waals surface area contributed by atoms with Crippen molar-refractivity contribution in [3.8, 4) is 22.4 Å². The van der Waals surface area contributed by atoms with Crippen LogP contribution in [0.2, 0.25) is 0 Å². The molecule has 0 aliphatic rings. The summed E-state index contributed by atoms with van der Waals surface area (Å²) in [5.41, 5.74) is 5.90. The molecule has 0 spiro atoms. The third kappa shape index (κ3) is 2.51. The quantitative estimate of drug-likeness (QED) is 0.565. The van der Waals surface area contributed by atoms with Gasteiger partial charge in [-0.15, -0.1) is 0 Å². The summed E-state index contributed by atoms with van der Waals surface area (Å²) in [6.07, 6.45) is 0. The minimum absolute atomic E-state index is 0.124. The third-order valence-corrected chi connectivity index (χ3v) is 4.42. The van der Waals surface area contributed by atoms with Crippen LogP contribution in [0.25, 0.3) is 33.3 Å². The SMILES string of the molecule is OCCn1c(-c2ccccc2-c2ccccc2)cc2ccccc21. The van der Waals surface area contributed by atoms with Crippen molar-refractivity contribution < 1.29 is 5.11 Å². The van der Waals surface area contributed by atoms with Gasteiger partial charge in [0, 0.05) is 28.7 Å². The van der Waals surface area contributed by atoms with Crippen molar-refractivity contribution in [2.24, 2.45) is 0 Å². The smallest absolute Gasteiger partial charge is 0.0610 e. The summed E-state index contributed by atoms with van der Waals surface area (Å²) in [5.74, 6) is 0. The average molecular weight is 313 g/mol. The van der Waals surface area contributed by atoms with E-state index in [-0.39, 0.29) is 6.61 Å². The maximum absolute atomic E-state index is 9.53. The molecule has 4 aromatic rings. The molecule has 0 amide bonds. The van der Waals surface area contributed by atoms with E-state index in [1.165, 1.54) is 22.1 Å². The third-order valence-electron chi connectivity index (χ3n) is 4.42. The predicted octanol–water partition coefficient (Wildman–Crippen LogP) is 4.97. The number of fused-ring (bicyclic) bond motifs is 1. The Morgan fingerprint density at radius 3 is 2.17 bits per heavy atom. The van der Waals surface area contributed by atoms with E-state index in [4.69, 9.17) is 0 Å². The number of benzene rings is 3. The zero-order chi connectivity index (χ0) is 16.4. The van der Waals surface area contributed by atoms with Crippen LogP contribution in [0, 0.1) is 0 Å². The first-order valence-electron chi connectivity index (χ1n) is 8.22. The van der Waals surface area contributed by atoms with E-state index in [2.05, 4.69) is 77.4 Å². The molecule has 0 bridgehead atoms. The Balaban J connectivity index is 1.97. The topological polar surface area (TPSA) is 25.2 Å². The number of hydrogen-bond donors (Lipinski definition) is 1. The highest BCUT2D eigenvalue weighted by molar-refractivity contribution is 5.91. The molecule has 2 nitrogen and oxygen atoms in total. The van der Waals surface area contributed by atoms with Crippen molar-refractivity contribution >= 4 is 10.9 Å². The number of aliphatic hydroxyl groups is 1. The van der Waals surface area contributed by atoms with Crippen molar-refractivity contribution in [1.82, 2.24) is 4.57 Å². The summed E-state index contributed by atoms with van der Waals surface area (Å²) >= 11 is 0. The molecule has 1 N–H and O–H groups in total. The minimum atomic E-state index is 0.124. The number of aliphatic hydroxyl groups excluding tert-OH is 1. The van der Waals surface area contributed by atoms with Crippen LogP contribution < -0.4 is 0 Å². The molecule has 0 radical (unpaired) electrons. The van der Waals surface area contributed by atoms with Crippen LogP contribution in [0.15, 0.2) is 84.9 Å². The second-order valence-electron chi connectivity index (χ2n) is 5.88. The van der Waals surface area contributed by atoms with Gasteiger partial charge in [-0.3, -0.25) is 0 Å². The molecular formula is C22H19NO. The molecule has 0 saturated carbocycles. The van der Waals surface area contributed by atoms with Crippen LogP contribution in [0.5, 0.6) is 0 Å². The first-order chi connectivity index (χ1) is 11.9. The molecule has 0 atom stereocenters. The van der Waals surface area contributed by atoms with E-state index in [1.807, 2.05) is 12.1 Å². The van der Waals surface area contributed by atoms with Crippen LogP contribution in [-0.2, 0) is 6.54 Å². The molecule has 2 heteroatoms. The fraction of sp³-hybridized carbons (Fsp3) is 0.0909. The standard InChI is InChI=1S/C22H19NO/c24-15-14-23-21-13-7-4-10-18(21)16-22(23)20-12-6-5-11-19(20)17-8-2-1-3-9-17/h1-13,16,24H,14-15H2. The molecule has 1 heterocycles. The van der Waals surface area contributed by atoms with Gasteiger partial charge in [0.25, 0.3) is 0 Å². The summed E-state index contributed by atoms with van der Waals surface area (Å²) < 4.78 is 2.21. The lowest BCUT2D eigenvalue weighted by Gasteiger charge is -2.13. The Kier molecular flexibility index (Phi) is 3.89. The minimum Gasteiger partial charge on any atom is -0.395 e. The van der Waals surface area contributed by atoms with Crippen molar-refractivity contribution in [2.45, 2.75) is 6.54 Å². The molecular weight excluding hydrogens is 294 g/mol. The van der Waals surface area contributed by atoms with Gasteiger partial charge in [-0.05, 0) is 23.3 Å². The van der Waals surface area contributed by atoms with E-state index in [0.29, 0.717) is 6.54 Å². The Morgan fingerprint density at radius 2 is 1.38 bits per heavy atom. The zero-order valence-electron chi connectivity index (χ0n) is 13.4. The number of rotatable bonds is 4. The zero-order valence-corrected chi connectivity index (χ0v) is 13.4. The van der Waals surface area contributed by atoms with Gasteiger partial charge in [-0.2, -0.15) is 0 Å². The maximum atomic E-state index is 9.53. The highest BCUT2D eigenvalue weighted by Crippen LogP contribution is 2.35. The largest absolute Gasteiger partial charge is 0.395 e. The van der Waals surface area contributed by atoms with Crippen LogP contribution in [0.1, 0.15) is 0 Å². The average Bonchev–Trinajstić information content (AvgIpc) is 3.01. The van der Waals surface area contributed by atoms with Gasteiger partial charge in [0.05, 0.1) is 6.61 Å². The van der Waals surface area contributed by atoms with E-state index in [0.717, 1.165) is 11.2 Å². The summed E-state index contributed by atoms with van der Waals surface area (Å²) in [6.45, 7) is 0.713. The fourth-order valence-corrected chi connectivity index (χ4v) is 3.35. The van der Waals surface area contributed by atoms with Gasteiger partial charge in [-0.25, -0.2) is 0 Å². The lowest BCUT2D eigenvalue weighted by atomic mass is 9.97. The monoisotopic (exact) mass is 313 g/mol. The first kappa shape index (κ1) is 14.7. The van der Waals surface area contributed by atoms with E-state index < -0.39 is 0 Å². The molecule has 0 aliphatic carbocycles. The van der Waals surface area contributed by atoms with Gasteiger partial charge in [0.15, 0.2) is 0 Å². The molecule has 0 fully saturated rings. The summed E-state index contributed by atoms with van der Waals surface area (Å²) in [4.78, 5) is 0. The molecule has 0 aliphatic heterocycles. The second kappa shape index (κ2) is 6.34. The summed E-state index contributed by atoms with van der Waals surface area (Å²) in [6, 6.07) is 29.4. The molecule has 24 heavy (non-hydrogen) atoms. The first-order valence-corrected chi connectivity index (χ1v) is 8.22. The molecule has 3 aromatic carbocycles. The van der Waals surface area contributed by atoms with E-state index >= 15 is 0 Å². The van der Waals surface area contributed by atoms with Crippen molar-refractivity contribution in [1.29, 1.82) is 0 Å². The van der Waals surface area contributed by atoms with Crippen LogP contribution >= 0.6 is 0 Å². The van der Waals surface area contributed by atoms with E-state index in [9.17, 15) is 5.11 Å². The lowest BCUT2D eigenvalue weighted by Crippen LogP contribution is -2.04. The predicted molar refractivity (Wildman–Crippen MR) is 99.9 cm³/mol. The number of nitrogens with zero attached hydrogens (tertiary/aromatic N) is 1. The Hall–Kier alpha value is -2.84. The van der Waals surface area contributed by atoms with Gasteiger partial charge in [-0.1, -0.05) is 72.8 Å². The molecule has 0 unspecified atom stereocenters. The van der Waals surface area contributed by atoms with Gasteiger partial charge in [0.2, 0.25) is 0 Å². The number of aromatic nitrogens is 1.